The normalized spacial score (nSPS) is 25.8. The largest absolute Gasteiger partial charge is 0.508 e. The number of carboxylic acids is 1. The summed E-state index contributed by atoms with van der Waals surface area (Å²) in [6.07, 6.45) is -5.28. The number of aliphatic hydroxyl groups is 5. The van der Waals surface area contributed by atoms with E-state index in [1.165, 1.54) is 42.8 Å². The van der Waals surface area contributed by atoms with Crippen LogP contribution in [-0.4, -0.2) is 120 Å². The monoisotopic (exact) mass is 772 g/mol. The maximum Gasteiger partial charge on any atom is 0.336 e. The third-order valence-corrected chi connectivity index (χ3v) is 9.31. The molecule has 7 atom stereocenters. The van der Waals surface area contributed by atoms with Crippen LogP contribution < -0.4 is 18.9 Å². The van der Waals surface area contributed by atoms with E-state index in [9.17, 15) is 45.6 Å². The molecular formula is C38H36N4O14. The van der Waals surface area contributed by atoms with Gasteiger partial charge in [0.05, 0.1) is 12.3 Å². The zero-order valence-corrected chi connectivity index (χ0v) is 29.2. The molecule has 3 aromatic rings. The number of hydrogen-bond donors (Lipinski definition) is 9. The van der Waals surface area contributed by atoms with Crippen molar-refractivity contribution in [2.24, 2.45) is 15.0 Å². The third-order valence-electron chi connectivity index (χ3n) is 9.31. The number of phenols is 2. The molecule has 0 radical (unpaired) electrons. The van der Waals surface area contributed by atoms with E-state index >= 15 is 0 Å². The summed E-state index contributed by atoms with van der Waals surface area (Å²) in [6.45, 7) is -0.351. The lowest BCUT2D eigenvalue weighted by Gasteiger charge is -2.46. The summed E-state index contributed by atoms with van der Waals surface area (Å²) in [7, 11) is 0. The molecule has 0 saturated carbocycles. The van der Waals surface area contributed by atoms with Crippen LogP contribution >= 0.6 is 0 Å². The van der Waals surface area contributed by atoms with Gasteiger partial charge in [-0.05, 0) is 47.5 Å². The van der Waals surface area contributed by atoms with Gasteiger partial charge in [-0.2, -0.15) is 0 Å². The van der Waals surface area contributed by atoms with Gasteiger partial charge in [0.1, 0.15) is 84.0 Å². The Morgan fingerprint density at radius 2 is 1.84 bits per heavy atom. The van der Waals surface area contributed by atoms with Crippen molar-refractivity contribution >= 4 is 35.3 Å². The van der Waals surface area contributed by atoms with Crippen molar-refractivity contribution < 1.29 is 69.3 Å². The fourth-order valence-corrected chi connectivity index (χ4v) is 6.47. The minimum atomic E-state index is -2.55. The molecule has 0 amide bonds. The van der Waals surface area contributed by atoms with E-state index in [2.05, 4.69) is 15.0 Å². The number of aliphatic hydroxyl groups excluding tert-OH is 4. The molecule has 292 valence electrons. The van der Waals surface area contributed by atoms with Gasteiger partial charge >= 0.3 is 5.97 Å². The number of amidine groups is 1. The molecule has 3 aromatic carbocycles. The lowest BCUT2D eigenvalue weighted by atomic mass is 9.80. The molecule has 9 N–H and O–H groups in total. The fourth-order valence-electron chi connectivity index (χ4n) is 6.47. The zero-order chi connectivity index (χ0) is 39.7. The number of carboxylic acid groups (broad SMARTS) is 1. The lowest BCUT2D eigenvalue weighted by molar-refractivity contribution is -0.303. The van der Waals surface area contributed by atoms with Gasteiger partial charge in [0, 0.05) is 24.3 Å². The Morgan fingerprint density at radius 1 is 1.05 bits per heavy atom. The van der Waals surface area contributed by atoms with Crippen LogP contribution in [0.4, 0.5) is 0 Å². The van der Waals surface area contributed by atoms with E-state index in [0.29, 0.717) is 22.6 Å². The van der Waals surface area contributed by atoms with Gasteiger partial charge < -0.3 is 64.5 Å². The SMILES string of the molecule is N=C1C=CC(C(O)COc2ccc(C3C=C(O)c4c(cc(OC5OC(C(=O)O)C(O)(CC6=NC=NC6)C(O)C5O)c(OCc5cccc(O)c5)c4O)O3)cc2)=N1. The van der Waals surface area contributed by atoms with E-state index in [-0.39, 0.29) is 54.1 Å². The number of phenolic OH excluding ortho intramolecular Hbond substituents is 2. The average molecular weight is 773 g/mol. The summed E-state index contributed by atoms with van der Waals surface area (Å²) in [6, 6.07) is 13.7. The maximum absolute atomic E-state index is 12.4. The second-order valence-corrected chi connectivity index (χ2v) is 13.2. The molecule has 4 aliphatic rings. The summed E-state index contributed by atoms with van der Waals surface area (Å²) >= 11 is 0. The number of aliphatic imine (C=N–C) groups is 3. The van der Waals surface area contributed by atoms with Crippen LogP contribution in [0.25, 0.3) is 5.76 Å². The summed E-state index contributed by atoms with van der Waals surface area (Å²) in [5.74, 6) is -3.36. The molecule has 4 heterocycles. The zero-order valence-electron chi connectivity index (χ0n) is 29.2. The number of benzene rings is 3. The molecule has 1 saturated heterocycles. The maximum atomic E-state index is 12.4. The van der Waals surface area contributed by atoms with Gasteiger partial charge in [0.2, 0.25) is 12.0 Å². The Morgan fingerprint density at radius 3 is 2.52 bits per heavy atom. The molecule has 0 spiro atoms. The molecule has 0 aliphatic carbocycles. The number of hydrogen-bond acceptors (Lipinski definition) is 16. The Labute approximate surface area is 317 Å². The van der Waals surface area contributed by atoms with Gasteiger partial charge in [-0.1, -0.05) is 24.3 Å². The van der Waals surface area contributed by atoms with Gasteiger partial charge in [-0.25, -0.2) is 14.8 Å². The van der Waals surface area contributed by atoms with Gasteiger partial charge in [-0.3, -0.25) is 10.4 Å². The minimum Gasteiger partial charge on any atom is -0.508 e. The van der Waals surface area contributed by atoms with E-state index < -0.39 is 72.1 Å². The number of nitrogens with one attached hydrogen (secondary N) is 1. The number of fused-ring (bicyclic) bond motifs is 1. The van der Waals surface area contributed by atoms with Crippen LogP contribution in [0.3, 0.4) is 0 Å². The Hall–Kier alpha value is -6.31. The van der Waals surface area contributed by atoms with Gasteiger partial charge in [-0.15, -0.1) is 0 Å². The molecule has 18 heteroatoms. The number of carbonyl (C=O) groups is 1. The van der Waals surface area contributed by atoms with Crippen molar-refractivity contribution in [2.45, 2.75) is 55.4 Å². The van der Waals surface area contributed by atoms with Crippen LogP contribution in [0.2, 0.25) is 0 Å². The highest BCUT2D eigenvalue weighted by Crippen LogP contribution is 2.51. The summed E-state index contributed by atoms with van der Waals surface area (Å²) in [4.78, 5) is 24.2. The second-order valence-electron chi connectivity index (χ2n) is 13.2. The first kappa shape index (κ1) is 38.0. The third kappa shape index (κ3) is 7.63. The second kappa shape index (κ2) is 15.4. The number of aliphatic carboxylic acids is 1. The first-order valence-electron chi connectivity index (χ1n) is 17.1. The molecule has 56 heavy (non-hydrogen) atoms. The first-order chi connectivity index (χ1) is 26.8. The standard InChI is InChI=1S/C38H36N4O14/c39-29-9-8-23(42-29)25(45)16-52-22-6-4-19(5-7-22)26-11-24(44)30-27(54-26)12-28(33(31(30)46)53-15-18-2-1-3-21(43)10-18)55-37-32(47)34(48)38(51,35(56-37)36(49)50)13-20-14-40-17-41-20/h1-12,17,25-26,32,34-35,37,39,43-48,51H,13-16H2,(H,49,50). The van der Waals surface area contributed by atoms with Crippen molar-refractivity contribution in [3.8, 4) is 34.5 Å². The van der Waals surface area contributed by atoms with Crippen LogP contribution in [0.5, 0.6) is 34.5 Å². The van der Waals surface area contributed by atoms with Crippen molar-refractivity contribution in [3.05, 3.63) is 89.5 Å². The van der Waals surface area contributed by atoms with E-state index in [4.69, 9.17) is 29.1 Å². The number of rotatable bonds is 13. The predicted molar refractivity (Wildman–Crippen MR) is 196 cm³/mol. The van der Waals surface area contributed by atoms with E-state index in [0.717, 1.165) is 0 Å². The number of aromatic hydroxyl groups is 2. The highest BCUT2D eigenvalue weighted by atomic mass is 16.7. The van der Waals surface area contributed by atoms with Crippen LogP contribution in [0.15, 0.2) is 87.8 Å². The van der Waals surface area contributed by atoms with E-state index in [1.807, 2.05) is 0 Å². The minimum absolute atomic E-state index is 0.0262. The highest BCUT2D eigenvalue weighted by Gasteiger charge is 2.59. The van der Waals surface area contributed by atoms with Crippen LogP contribution in [-0.2, 0) is 16.1 Å². The average Bonchev–Trinajstić information content (AvgIpc) is 3.85. The van der Waals surface area contributed by atoms with Crippen molar-refractivity contribution in [2.75, 3.05) is 13.2 Å². The molecule has 7 rings (SSSR count). The number of ether oxygens (including phenoxy) is 5. The molecule has 0 bridgehead atoms. The molecule has 18 nitrogen and oxygen atoms in total. The first-order valence-corrected chi connectivity index (χ1v) is 17.1. The highest BCUT2D eigenvalue weighted by molar-refractivity contribution is 6.15. The van der Waals surface area contributed by atoms with Gasteiger partial charge in [0.25, 0.3) is 0 Å². The summed E-state index contributed by atoms with van der Waals surface area (Å²) in [5, 5.41) is 94.2. The predicted octanol–water partition coefficient (Wildman–Crippen LogP) is 1.95. The fraction of sp³-hybridized carbons (Fsp3) is 0.289. The van der Waals surface area contributed by atoms with Crippen molar-refractivity contribution in [1.29, 1.82) is 5.41 Å². The Kier molecular flexibility index (Phi) is 10.5. The van der Waals surface area contributed by atoms with Crippen LogP contribution in [0, 0.1) is 5.41 Å². The van der Waals surface area contributed by atoms with E-state index in [1.54, 1.807) is 36.4 Å². The molecule has 4 aliphatic heterocycles. The Bertz CT molecular complexity index is 2180. The number of nitrogens with zero attached hydrogens (tertiary/aromatic N) is 3. The smallest absolute Gasteiger partial charge is 0.336 e. The lowest BCUT2D eigenvalue weighted by Crippen LogP contribution is -2.69. The quantitative estimate of drug-likeness (QED) is 0.120. The topological polar surface area (TPSA) is 286 Å². The molecular weight excluding hydrogens is 736 g/mol. The Balaban J connectivity index is 1.16. The molecule has 0 aromatic heterocycles. The summed E-state index contributed by atoms with van der Waals surface area (Å²) in [5.41, 5.74) is -1.23. The van der Waals surface area contributed by atoms with Crippen molar-refractivity contribution in [1.82, 2.24) is 0 Å². The summed E-state index contributed by atoms with van der Waals surface area (Å²) < 4.78 is 29.2. The van der Waals surface area contributed by atoms with Gasteiger partial charge in [0.15, 0.2) is 17.6 Å². The van der Waals surface area contributed by atoms with Crippen LogP contribution in [0.1, 0.15) is 29.2 Å². The van der Waals surface area contributed by atoms with Crippen molar-refractivity contribution in [3.63, 3.8) is 0 Å². The molecule has 1 fully saturated rings. The molecule has 7 unspecified atom stereocenters.